The molecule has 0 bridgehead atoms. The molecule has 0 aromatic carbocycles. The van der Waals surface area contributed by atoms with Crippen LogP contribution in [-0.2, 0) is 22.7 Å². The first-order valence-corrected chi connectivity index (χ1v) is 6.57. The molecule has 1 fully saturated rings. The van der Waals surface area contributed by atoms with Gasteiger partial charge in [0.05, 0.1) is 12.4 Å². The Bertz CT molecular complexity index is 431. The Morgan fingerprint density at radius 2 is 2.24 bits per heavy atom. The lowest BCUT2D eigenvalue weighted by molar-refractivity contribution is 0.0786. The molecular weight excluding hydrogens is 244 g/mol. The molecule has 0 unspecified atom stereocenters. The third-order valence-corrected chi connectivity index (χ3v) is 3.30. The second-order valence-corrected chi connectivity index (χ2v) is 4.81. The van der Waals surface area contributed by atoms with Crippen molar-refractivity contribution in [2.45, 2.75) is 18.9 Å². The predicted octanol–water partition coefficient (Wildman–Crippen LogP) is -0.564. The summed E-state index contributed by atoms with van der Waals surface area (Å²) < 4.78 is 30.4. The van der Waals surface area contributed by atoms with E-state index in [2.05, 4.69) is 10.5 Å². The minimum Gasteiger partial charge on any atom is -0.381 e. The van der Waals surface area contributed by atoms with Crippen LogP contribution in [0.1, 0.15) is 12.8 Å². The number of aryl methyl sites for hydroxylation is 1. The van der Waals surface area contributed by atoms with Crippen LogP contribution >= 0.6 is 0 Å². The second kappa shape index (κ2) is 5.48. The van der Waals surface area contributed by atoms with Gasteiger partial charge < -0.3 is 4.74 Å². The van der Waals surface area contributed by atoms with Gasteiger partial charge in [-0.25, -0.2) is 18.3 Å². The Morgan fingerprint density at radius 1 is 1.53 bits per heavy atom. The van der Waals surface area contributed by atoms with Gasteiger partial charge in [-0.05, 0) is 12.8 Å². The third kappa shape index (κ3) is 3.18. The number of thiol groups is 1. The van der Waals surface area contributed by atoms with Gasteiger partial charge >= 0.3 is 0 Å². The molecule has 17 heavy (non-hydrogen) atoms. The SMILES string of the molecule is Cn1cc(N(NC2CCOCC2)[SH](=O)=O)cn1. The molecule has 96 valence electrons. The maximum Gasteiger partial charge on any atom is 0.238 e. The Hall–Kier alpha value is -1.12. The first-order chi connectivity index (χ1) is 8.16. The zero-order valence-electron chi connectivity index (χ0n) is 9.57. The number of ether oxygens (including phenoxy) is 1. The highest BCUT2D eigenvalue weighted by atomic mass is 32.2. The number of nitrogens with zero attached hydrogens (tertiary/aromatic N) is 3. The lowest BCUT2D eigenvalue weighted by atomic mass is 10.1. The van der Waals surface area contributed by atoms with E-state index in [9.17, 15) is 8.42 Å². The molecule has 1 N–H and O–H groups in total. The minimum absolute atomic E-state index is 0.122. The zero-order valence-corrected chi connectivity index (χ0v) is 10.5. The Labute approximate surface area is 101 Å². The summed E-state index contributed by atoms with van der Waals surface area (Å²) in [5.74, 6) is 0. The molecule has 0 radical (unpaired) electrons. The van der Waals surface area contributed by atoms with E-state index < -0.39 is 10.9 Å². The summed E-state index contributed by atoms with van der Waals surface area (Å²) in [6.45, 7) is 1.32. The molecule has 1 aromatic heterocycles. The summed E-state index contributed by atoms with van der Waals surface area (Å²) in [4.78, 5) is 0. The molecule has 1 aromatic rings. The smallest absolute Gasteiger partial charge is 0.238 e. The standard InChI is InChI=1S/C9H16N4O3S/c1-12-7-9(6-10-12)13(17(14)15)11-8-2-4-16-5-3-8/h6-8,11,17H,2-5H2,1H3. The van der Waals surface area contributed by atoms with Crippen molar-refractivity contribution in [1.82, 2.24) is 15.2 Å². The molecule has 1 saturated heterocycles. The minimum atomic E-state index is -2.72. The van der Waals surface area contributed by atoms with Gasteiger partial charge in [0.15, 0.2) is 0 Å². The van der Waals surface area contributed by atoms with Crippen LogP contribution in [0.5, 0.6) is 0 Å². The van der Waals surface area contributed by atoms with Crippen molar-refractivity contribution < 1.29 is 13.2 Å². The quantitative estimate of drug-likeness (QED) is 0.560. The van der Waals surface area contributed by atoms with E-state index >= 15 is 0 Å². The van der Waals surface area contributed by atoms with Gasteiger partial charge in [0.1, 0.15) is 5.69 Å². The molecule has 0 saturated carbocycles. The number of anilines is 1. The normalized spacial score (nSPS) is 17.5. The van der Waals surface area contributed by atoms with E-state index in [4.69, 9.17) is 4.74 Å². The number of nitrogens with one attached hydrogen (secondary N) is 1. The highest BCUT2D eigenvalue weighted by Crippen LogP contribution is 2.13. The first kappa shape index (κ1) is 12.3. The van der Waals surface area contributed by atoms with Crippen molar-refractivity contribution in [3.63, 3.8) is 0 Å². The summed E-state index contributed by atoms with van der Waals surface area (Å²) >= 11 is 0. The van der Waals surface area contributed by atoms with Gasteiger partial charge in [-0.15, -0.1) is 0 Å². The van der Waals surface area contributed by atoms with Gasteiger partial charge in [0.25, 0.3) is 0 Å². The van der Waals surface area contributed by atoms with E-state index in [1.807, 2.05) is 0 Å². The van der Waals surface area contributed by atoms with Crippen LogP contribution in [-0.4, -0.2) is 37.5 Å². The number of hydrogen-bond donors (Lipinski definition) is 2. The molecule has 1 aliphatic heterocycles. The molecule has 0 aliphatic carbocycles. The summed E-state index contributed by atoms with van der Waals surface area (Å²) in [6, 6.07) is 0.122. The number of hydrogen-bond acceptors (Lipinski definition) is 5. The fraction of sp³-hybridized carbons (Fsp3) is 0.667. The maximum absolute atomic E-state index is 11.2. The van der Waals surface area contributed by atoms with Crippen LogP contribution in [0.15, 0.2) is 12.4 Å². The average Bonchev–Trinajstić information content (AvgIpc) is 2.73. The molecule has 7 nitrogen and oxygen atoms in total. The Kier molecular flexibility index (Phi) is 3.97. The van der Waals surface area contributed by atoms with Gasteiger partial charge in [-0.3, -0.25) is 4.68 Å². The van der Waals surface area contributed by atoms with Crippen LogP contribution in [0.3, 0.4) is 0 Å². The maximum atomic E-state index is 11.2. The van der Waals surface area contributed by atoms with E-state index in [1.165, 1.54) is 6.20 Å². The van der Waals surface area contributed by atoms with E-state index in [0.29, 0.717) is 18.9 Å². The predicted molar refractivity (Wildman–Crippen MR) is 63.0 cm³/mol. The first-order valence-electron chi connectivity index (χ1n) is 5.44. The second-order valence-electron chi connectivity index (χ2n) is 3.94. The molecule has 0 spiro atoms. The molecule has 0 atom stereocenters. The third-order valence-electron chi connectivity index (χ3n) is 2.63. The van der Waals surface area contributed by atoms with Crippen molar-refractivity contribution in [1.29, 1.82) is 0 Å². The fourth-order valence-corrected chi connectivity index (χ4v) is 2.28. The number of aromatic nitrogens is 2. The van der Waals surface area contributed by atoms with E-state index in [-0.39, 0.29) is 6.04 Å². The van der Waals surface area contributed by atoms with Gasteiger partial charge in [-0.2, -0.15) is 5.10 Å². The molecule has 0 amide bonds. The van der Waals surface area contributed by atoms with E-state index in [1.54, 1.807) is 17.9 Å². The van der Waals surface area contributed by atoms with Crippen LogP contribution in [0.25, 0.3) is 0 Å². The van der Waals surface area contributed by atoms with E-state index in [0.717, 1.165) is 17.3 Å². The largest absolute Gasteiger partial charge is 0.381 e. The van der Waals surface area contributed by atoms with Crippen molar-refractivity contribution in [3.8, 4) is 0 Å². The number of hydrazine groups is 1. The molecule has 2 rings (SSSR count). The number of rotatable bonds is 4. The summed E-state index contributed by atoms with van der Waals surface area (Å²) in [5, 5.41) is 3.96. The van der Waals surface area contributed by atoms with Gasteiger partial charge in [0, 0.05) is 26.3 Å². The van der Waals surface area contributed by atoms with Crippen molar-refractivity contribution in [2.24, 2.45) is 7.05 Å². The van der Waals surface area contributed by atoms with Crippen molar-refractivity contribution in [3.05, 3.63) is 12.4 Å². The highest BCUT2D eigenvalue weighted by Gasteiger charge is 2.19. The van der Waals surface area contributed by atoms with Crippen molar-refractivity contribution >= 4 is 16.6 Å². The molecule has 8 heteroatoms. The highest BCUT2D eigenvalue weighted by molar-refractivity contribution is 7.73. The average molecular weight is 260 g/mol. The molecule has 1 aliphatic rings. The van der Waals surface area contributed by atoms with Crippen LogP contribution in [0, 0.1) is 0 Å². The van der Waals surface area contributed by atoms with Crippen LogP contribution < -0.4 is 9.84 Å². The van der Waals surface area contributed by atoms with Crippen LogP contribution in [0.2, 0.25) is 0 Å². The Morgan fingerprint density at radius 3 is 2.76 bits per heavy atom. The van der Waals surface area contributed by atoms with Gasteiger partial charge in [-0.1, -0.05) is 0 Å². The Balaban J connectivity index is 2.07. The molecule has 2 heterocycles. The lowest BCUT2D eigenvalue weighted by Crippen LogP contribution is -2.46. The molecular formula is C9H16N4O3S. The van der Waals surface area contributed by atoms with Crippen LogP contribution in [0.4, 0.5) is 5.69 Å². The summed E-state index contributed by atoms with van der Waals surface area (Å²) in [5.41, 5.74) is 3.51. The monoisotopic (exact) mass is 260 g/mol. The van der Waals surface area contributed by atoms with Crippen molar-refractivity contribution in [2.75, 3.05) is 17.6 Å². The fourth-order valence-electron chi connectivity index (χ4n) is 1.73. The summed E-state index contributed by atoms with van der Waals surface area (Å²) in [6.07, 6.45) is 4.77. The summed E-state index contributed by atoms with van der Waals surface area (Å²) in [7, 11) is -0.980. The zero-order chi connectivity index (χ0) is 12.3. The topological polar surface area (TPSA) is 76.5 Å². The van der Waals surface area contributed by atoms with Gasteiger partial charge in [0.2, 0.25) is 10.9 Å². The lowest BCUT2D eigenvalue weighted by Gasteiger charge is -2.27.